The Morgan fingerprint density at radius 1 is 0.931 bits per heavy atom. The number of hydrogen-bond acceptors (Lipinski definition) is 4. The molecule has 2 atom stereocenters. The molecule has 2 fully saturated rings. The number of likely N-dealkylation sites (tertiary alicyclic amines) is 1. The fourth-order valence-corrected chi connectivity index (χ4v) is 4.48. The lowest BCUT2D eigenvalue weighted by atomic mass is 9.95. The van der Waals surface area contributed by atoms with Crippen molar-refractivity contribution in [2.24, 2.45) is 5.92 Å². The average Bonchev–Trinajstić information content (AvgIpc) is 3.15. The zero-order valence-corrected chi connectivity index (χ0v) is 16.6. The van der Waals surface area contributed by atoms with Gasteiger partial charge in [-0.2, -0.15) is 0 Å². The molecule has 0 radical (unpaired) electrons. The number of carboxylic acids is 1. The highest BCUT2D eigenvalue weighted by atomic mass is 16.5. The van der Waals surface area contributed by atoms with E-state index < -0.39 is 5.97 Å². The molecule has 152 valence electrons. The minimum atomic E-state index is -0.995. The van der Waals surface area contributed by atoms with Gasteiger partial charge >= 0.3 is 5.97 Å². The van der Waals surface area contributed by atoms with Crippen molar-refractivity contribution in [2.45, 2.75) is 13.0 Å². The summed E-state index contributed by atoms with van der Waals surface area (Å²) in [5.41, 5.74) is 1.99. The van der Waals surface area contributed by atoms with E-state index in [2.05, 4.69) is 11.8 Å². The van der Waals surface area contributed by atoms with Gasteiger partial charge in [0.15, 0.2) is 0 Å². The fourth-order valence-electron chi connectivity index (χ4n) is 4.48. The van der Waals surface area contributed by atoms with E-state index in [1.807, 2.05) is 23.1 Å². The van der Waals surface area contributed by atoms with Crippen LogP contribution in [-0.2, 0) is 4.74 Å². The second-order valence-corrected chi connectivity index (χ2v) is 7.80. The maximum Gasteiger partial charge on any atom is 0.336 e. The molecule has 0 spiro atoms. The lowest BCUT2D eigenvalue weighted by Crippen LogP contribution is -2.47. The molecule has 2 unspecified atom stereocenters. The number of ether oxygens (including phenoxy) is 1. The second-order valence-electron chi connectivity index (χ2n) is 7.80. The molecule has 2 aromatic rings. The Balaban J connectivity index is 1.62. The van der Waals surface area contributed by atoms with Crippen molar-refractivity contribution < 1.29 is 19.4 Å². The summed E-state index contributed by atoms with van der Waals surface area (Å²) >= 11 is 0. The van der Waals surface area contributed by atoms with Crippen LogP contribution in [-0.4, -0.2) is 72.2 Å². The lowest BCUT2D eigenvalue weighted by molar-refractivity contribution is 0.0119. The Bertz CT molecular complexity index is 907. The minimum Gasteiger partial charge on any atom is -0.478 e. The summed E-state index contributed by atoms with van der Waals surface area (Å²) < 4.78 is 5.46. The summed E-state index contributed by atoms with van der Waals surface area (Å²) in [6.45, 7) is 6.88. The highest BCUT2D eigenvalue weighted by Crippen LogP contribution is 2.30. The number of nitrogens with zero attached hydrogens (tertiary/aromatic N) is 2. The fraction of sp³-hybridized carbons (Fsp3) is 0.391. The van der Waals surface area contributed by atoms with Crippen LogP contribution < -0.4 is 0 Å². The molecule has 1 N–H and O–H groups in total. The van der Waals surface area contributed by atoms with Crippen LogP contribution in [0.3, 0.4) is 0 Å². The van der Waals surface area contributed by atoms with Crippen LogP contribution in [0.2, 0.25) is 0 Å². The van der Waals surface area contributed by atoms with Crippen molar-refractivity contribution in [2.75, 3.05) is 39.4 Å². The van der Waals surface area contributed by atoms with E-state index in [0.717, 1.165) is 26.3 Å². The summed E-state index contributed by atoms with van der Waals surface area (Å²) in [7, 11) is 0. The van der Waals surface area contributed by atoms with Crippen LogP contribution in [0.5, 0.6) is 0 Å². The summed E-state index contributed by atoms with van der Waals surface area (Å²) in [6.07, 6.45) is 0. The van der Waals surface area contributed by atoms with E-state index in [-0.39, 0.29) is 11.5 Å². The standard InChI is InChI=1S/C23H26N2O4/c1-16-14-25(15-21(16)24-10-12-29-13-11-24)22(26)19-8-4-2-6-17(19)18-7-3-5-9-20(18)23(27)28/h2-9,16,21H,10-15H2,1H3,(H,27,28). The SMILES string of the molecule is CC1CN(C(=O)c2ccccc2-c2ccccc2C(=O)O)CC1N1CCOCC1. The van der Waals surface area contributed by atoms with E-state index in [9.17, 15) is 14.7 Å². The van der Waals surface area contributed by atoms with Gasteiger partial charge in [0.05, 0.1) is 18.8 Å². The largest absolute Gasteiger partial charge is 0.478 e. The van der Waals surface area contributed by atoms with E-state index in [1.54, 1.807) is 30.3 Å². The van der Waals surface area contributed by atoms with E-state index in [0.29, 0.717) is 41.7 Å². The van der Waals surface area contributed by atoms with Gasteiger partial charge in [-0.15, -0.1) is 0 Å². The van der Waals surface area contributed by atoms with Crippen molar-refractivity contribution in [1.29, 1.82) is 0 Å². The smallest absolute Gasteiger partial charge is 0.336 e. The van der Waals surface area contributed by atoms with Crippen LogP contribution in [0.4, 0.5) is 0 Å². The summed E-state index contributed by atoms with van der Waals surface area (Å²) in [5.74, 6) is -0.649. The zero-order chi connectivity index (χ0) is 20.4. The van der Waals surface area contributed by atoms with E-state index in [1.165, 1.54) is 0 Å². The summed E-state index contributed by atoms with van der Waals surface area (Å²) in [5, 5.41) is 9.57. The van der Waals surface area contributed by atoms with Gasteiger partial charge in [0.1, 0.15) is 0 Å². The molecular weight excluding hydrogens is 368 g/mol. The van der Waals surface area contributed by atoms with Crippen LogP contribution in [0.1, 0.15) is 27.6 Å². The zero-order valence-electron chi connectivity index (χ0n) is 16.6. The van der Waals surface area contributed by atoms with Crippen molar-refractivity contribution in [3.05, 3.63) is 59.7 Å². The Hall–Kier alpha value is -2.70. The Morgan fingerprint density at radius 2 is 1.52 bits per heavy atom. The average molecular weight is 394 g/mol. The summed E-state index contributed by atoms with van der Waals surface area (Å²) in [6, 6.07) is 14.5. The molecule has 4 rings (SSSR count). The molecule has 0 bridgehead atoms. The molecule has 2 heterocycles. The number of carboxylic acid groups (broad SMARTS) is 1. The first-order valence-corrected chi connectivity index (χ1v) is 10.1. The first-order valence-electron chi connectivity index (χ1n) is 10.1. The number of carbonyl (C=O) groups excluding carboxylic acids is 1. The van der Waals surface area contributed by atoms with Crippen LogP contribution in [0.25, 0.3) is 11.1 Å². The van der Waals surface area contributed by atoms with Crippen molar-refractivity contribution in [1.82, 2.24) is 9.80 Å². The third-order valence-electron chi connectivity index (χ3n) is 5.98. The molecule has 2 aliphatic rings. The highest BCUT2D eigenvalue weighted by molar-refractivity contribution is 6.04. The third kappa shape index (κ3) is 3.91. The predicted octanol–water partition coefficient (Wildman–Crippen LogP) is 2.84. The van der Waals surface area contributed by atoms with Gasteiger partial charge in [-0.1, -0.05) is 43.3 Å². The lowest BCUT2D eigenvalue weighted by Gasteiger charge is -2.34. The summed E-state index contributed by atoms with van der Waals surface area (Å²) in [4.78, 5) is 29.4. The van der Waals surface area contributed by atoms with Gasteiger partial charge in [-0.25, -0.2) is 4.79 Å². The first-order chi connectivity index (χ1) is 14.1. The highest BCUT2D eigenvalue weighted by Gasteiger charge is 2.37. The van der Waals surface area contributed by atoms with Crippen molar-refractivity contribution >= 4 is 11.9 Å². The van der Waals surface area contributed by atoms with Gasteiger partial charge in [-0.05, 0) is 29.2 Å². The molecule has 1 amide bonds. The second kappa shape index (κ2) is 8.35. The normalized spacial score (nSPS) is 22.6. The monoisotopic (exact) mass is 394 g/mol. The maximum atomic E-state index is 13.4. The molecule has 29 heavy (non-hydrogen) atoms. The molecule has 2 saturated heterocycles. The predicted molar refractivity (Wildman–Crippen MR) is 110 cm³/mol. The van der Waals surface area contributed by atoms with E-state index in [4.69, 9.17) is 4.74 Å². The first kappa shape index (κ1) is 19.6. The topological polar surface area (TPSA) is 70.1 Å². The molecule has 0 aliphatic carbocycles. The van der Waals surface area contributed by atoms with Crippen LogP contribution in [0, 0.1) is 5.92 Å². The van der Waals surface area contributed by atoms with Crippen molar-refractivity contribution in [3.8, 4) is 11.1 Å². The molecule has 0 aromatic heterocycles. The number of amides is 1. The Kier molecular flexibility index (Phi) is 5.65. The molecule has 6 nitrogen and oxygen atoms in total. The number of aromatic carboxylic acids is 1. The van der Waals surface area contributed by atoms with Crippen molar-refractivity contribution in [3.63, 3.8) is 0 Å². The molecule has 2 aromatic carbocycles. The number of rotatable bonds is 4. The molecular formula is C23H26N2O4. The van der Waals surface area contributed by atoms with Crippen LogP contribution in [0.15, 0.2) is 48.5 Å². The quantitative estimate of drug-likeness (QED) is 0.864. The number of morpholine rings is 1. The maximum absolute atomic E-state index is 13.4. The van der Waals surface area contributed by atoms with Crippen LogP contribution >= 0.6 is 0 Å². The number of carbonyl (C=O) groups is 2. The Labute approximate surface area is 170 Å². The van der Waals surface area contributed by atoms with E-state index >= 15 is 0 Å². The molecule has 2 aliphatic heterocycles. The Morgan fingerprint density at radius 3 is 2.17 bits per heavy atom. The van der Waals surface area contributed by atoms with Gasteiger partial charge in [0, 0.05) is 37.8 Å². The van der Waals surface area contributed by atoms with Gasteiger partial charge in [0.25, 0.3) is 5.91 Å². The van der Waals surface area contributed by atoms with Gasteiger partial charge in [-0.3, -0.25) is 9.69 Å². The number of hydrogen-bond donors (Lipinski definition) is 1. The molecule has 0 saturated carbocycles. The third-order valence-corrected chi connectivity index (χ3v) is 5.98. The van der Waals surface area contributed by atoms with Gasteiger partial charge < -0.3 is 14.7 Å². The molecule has 6 heteroatoms. The number of benzene rings is 2. The minimum absolute atomic E-state index is 0.0385. The van der Waals surface area contributed by atoms with Gasteiger partial charge in [0.2, 0.25) is 0 Å².